The van der Waals surface area contributed by atoms with Gasteiger partial charge in [-0.15, -0.1) is 0 Å². The summed E-state index contributed by atoms with van der Waals surface area (Å²) in [6.45, 7) is 2.01. The van der Waals surface area contributed by atoms with E-state index in [0.29, 0.717) is 6.04 Å². The molecule has 0 saturated carbocycles. The maximum Gasteiger partial charge on any atom is 0.0450 e. The van der Waals surface area contributed by atoms with Crippen molar-refractivity contribution in [2.24, 2.45) is 0 Å². The highest BCUT2D eigenvalue weighted by Gasteiger charge is 2.18. The van der Waals surface area contributed by atoms with Crippen LogP contribution in [0.25, 0.3) is 0 Å². The van der Waals surface area contributed by atoms with E-state index in [9.17, 15) is 0 Å². The van der Waals surface area contributed by atoms with Gasteiger partial charge in [-0.3, -0.25) is 0 Å². The van der Waals surface area contributed by atoms with E-state index >= 15 is 0 Å². The Morgan fingerprint density at radius 2 is 2.43 bits per heavy atom. The van der Waals surface area contributed by atoms with Gasteiger partial charge in [-0.25, -0.2) is 0 Å². The Balaban J connectivity index is 2.32. The van der Waals surface area contributed by atoms with E-state index in [1.807, 2.05) is 13.1 Å². The van der Waals surface area contributed by atoms with E-state index in [4.69, 9.17) is 5.73 Å². The van der Waals surface area contributed by atoms with E-state index in [2.05, 4.69) is 22.8 Å². The zero-order valence-electron chi connectivity index (χ0n) is 8.51. The molecule has 1 atom stereocenters. The summed E-state index contributed by atoms with van der Waals surface area (Å²) < 4.78 is 0. The predicted octanol–water partition coefficient (Wildman–Crippen LogP) is 0.675. The Bertz CT molecular complexity index is 322. The molecule has 1 unspecified atom stereocenters. The summed E-state index contributed by atoms with van der Waals surface area (Å²) in [5.41, 5.74) is 9.43. The molecule has 0 amide bonds. The molecule has 0 fully saturated rings. The van der Waals surface area contributed by atoms with Gasteiger partial charge in [0.1, 0.15) is 0 Å². The zero-order valence-corrected chi connectivity index (χ0v) is 8.51. The summed E-state index contributed by atoms with van der Waals surface area (Å²) >= 11 is 0. The number of likely N-dealkylation sites (N-methyl/N-ethyl adjacent to an activating group) is 1. The van der Waals surface area contributed by atoms with Crippen molar-refractivity contribution in [2.45, 2.75) is 12.5 Å². The molecule has 0 saturated heterocycles. The van der Waals surface area contributed by atoms with E-state index in [1.54, 1.807) is 0 Å². The van der Waals surface area contributed by atoms with Crippen molar-refractivity contribution in [1.29, 1.82) is 0 Å². The van der Waals surface area contributed by atoms with Crippen LogP contribution in [0, 0.1) is 0 Å². The van der Waals surface area contributed by atoms with Crippen LogP contribution in [0.15, 0.2) is 18.2 Å². The third-order valence-electron chi connectivity index (χ3n) is 2.74. The lowest BCUT2D eigenvalue weighted by Gasteiger charge is -2.27. The van der Waals surface area contributed by atoms with E-state index in [0.717, 1.165) is 25.2 Å². The number of anilines is 1. The fourth-order valence-electron chi connectivity index (χ4n) is 2.04. The summed E-state index contributed by atoms with van der Waals surface area (Å²) in [4.78, 5) is 0. The minimum Gasteiger partial charge on any atom is -0.399 e. The van der Waals surface area contributed by atoms with E-state index in [-0.39, 0.29) is 0 Å². The van der Waals surface area contributed by atoms with Gasteiger partial charge in [0.25, 0.3) is 0 Å². The summed E-state index contributed by atoms with van der Waals surface area (Å²) in [5.74, 6) is 0. The Hall–Kier alpha value is -1.06. The number of fused-ring (bicyclic) bond motifs is 1. The van der Waals surface area contributed by atoms with Crippen LogP contribution >= 0.6 is 0 Å². The summed E-state index contributed by atoms with van der Waals surface area (Å²) in [5, 5.41) is 6.68. The van der Waals surface area contributed by atoms with Crippen LogP contribution in [0.2, 0.25) is 0 Å². The van der Waals surface area contributed by atoms with Gasteiger partial charge in [0.2, 0.25) is 0 Å². The molecule has 3 heteroatoms. The number of nitrogens with one attached hydrogen (secondary N) is 2. The molecule has 0 aliphatic carbocycles. The summed E-state index contributed by atoms with van der Waals surface area (Å²) in [6.07, 6.45) is 1.11. The maximum atomic E-state index is 5.79. The van der Waals surface area contributed by atoms with Gasteiger partial charge in [-0.1, -0.05) is 6.07 Å². The molecular formula is C11H17N3. The monoisotopic (exact) mass is 191 g/mol. The van der Waals surface area contributed by atoms with Gasteiger partial charge >= 0.3 is 0 Å². The van der Waals surface area contributed by atoms with Crippen LogP contribution in [0.5, 0.6) is 0 Å². The van der Waals surface area contributed by atoms with Gasteiger partial charge in [0.15, 0.2) is 0 Å². The Kier molecular flexibility index (Phi) is 2.70. The SMILES string of the molecule is CNCC1NCCc2ccc(N)cc21. The molecule has 0 radical (unpaired) electrons. The van der Waals surface area contributed by atoms with Crippen molar-refractivity contribution in [3.8, 4) is 0 Å². The fourth-order valence-corrected chi connectivity index (χ4v) is 2.04. The molecule has 14 heavy (non-hydrogen) atoms. The van der Waals surface area contributed by atoms with Crippen LogP contribution in [0.1, 0.15) is 17.2 Å². The van der Waals surface area contributed by atoms with Gasteiger partial charge < -0.3 is 16.4 Å². The third-order valence-corrected chi connectivity index (χ3v) is 2.74. The first-order valence-electron chi connectivity index (χ1n) is 5.07. The molecule has 1 aromatic carbocycles. The second kappa shape index (κ2) is 3.98. The van der Waals surface area contributed by atoms with Gasteiger partial charge in [-0.05, 0) is 43.3 Å². The van der Waals surface area contributed by atoms with Gasteiger partial charge in [-0.2, -0.15) is 0 Å². The second-order valence-electron chi connectivity index (χ2n) is 3.77. The number of nitrogens with two attached hydrogens (primary N) is 1. The molecule has 0 aromatic heterocycles. The highest BCUT2D eigenvalue weighted by Crippen LogP contribution is 2.24. The highest BCUT2D eigenvalue weighted by atomic mass is 15.0. The molecule has 4 N–H and O–H groups in total. The van der Waals surface area contributed by atoms with Crippen LogP contribution in [0.3, 0.4) is 0 Å². The molecule has 1 aliphatic heterocycles. The zero-order chi connectivity index (χ0) is 9.97. The molecule has 0 bridgehead atoms. The highest BCUT2D eigenvalue weighted by molar-refractivity contribution is 5.47. The number of nitrogen functional groups attached to an aromatic ring is 1. The summed E-state index contributed by atoms with van der Waals surface area (Å²) in [6, 6.07) is 6.63. The molecule has 0 spiro atoms. The standard InChI is InChI=1S/C11H17N3/c1-13-7-11-10-6-9(12)3-2-8(10)4-5-14-11/h2-3,6,11,13-14H,4-5,7,12H2,1H3. The van der Waals surface area contributed by atoms with Crippen LogP contribution in [-0.2, 0) is 6.42 Å². The van der Waals surface area contributed by atoms with Crippen molar-refractivity contribution in [3.05, 3.63) is 29.3 Å². The van der Waals surface area contributed by atoms with E-state index in [1.165, 1.54) is 11.1 Å². The normalized spacial score (nSPS) is 20.5. The lowest BCUT2D eigenvalue weighted by atomic mass is 9.94. The maximum absolute atomic E-state index is 5.79. The smallest absolute Gasteiger partial charge is 0.0450 e. The Labute approximate surface area is 84.7 Å². The minimum atomic E-state index is 0.409. The molecule has 2 rings (SSSR count). The summed E-state index contributed by atoms with van der Waals surface area (Å²) in [7, 11) is 1.97. The van der Waals surface area contributed by atoms with Crippen molar-refractivity contribution >= 4 is 5.69 Å². The fraction of sp³-hybridized carbons (Fsp3) is 0.455. The van der Waals surface area contributed by atoms with Crippen molar-refractivity contribution in [1.82, 2.24) is 10.6 Å². The molecule has 1 heterocycles. The Morgan fingerprint density at radius 3 is 3.21 bits per heavy atom. The van der Waals surface area contributed by atoms with Gasteiger partial charge in [0.05, 0.1) is 0 Å². The number of rotatable bonds is 2. The number of hydrogen-bond acceptors (Lipinski definition) is 3. The predicted molar refractivity (Wildman–Crippen MR) is 59.2 cm³/mol. The van der Waals surface area contributed by atoms with Gasteiger partial charge in [0, 0.05) is 18.3 Å². The second-order valence-corrected chi connectivity index (χ2v) is 3.77. The van der Waals surface area contributed by atoms with Crippen molar-refractivity contribution in [2.75, 3.05) is 25.9 Å². The molecule has 1 aliphatic rings. The quantitative estimate of drug-likeness (QED) is 0.602. The lowest BCUT2D eigenvalue weighted by Crippen LogP contribution is -2.35. The number of benzene rings is 1. The first kappa shape index (κ1) is 9.49. The van der Waals surface area contributed by atoms with Crippen LogP contribution < -0.4 is 16.4 Å². The average molecular weight is 191 g/mol. The van der Waals surface area contributed by atoms with Crippen LogP contribution in [-0.4, -0.2) is 20.1 Å². The largest absolute Gasteiger partial charge is 0.399 e. The average Bonchev–Trinajstić information content (AvgIpc) is 2.19. The third kappa shape index (κ3) is 1.74. The van der Waals surface area contributed by atoms with Crippen molar-refractivity contribution in [3.63, 3.8) is 0 Å². The Morgan fingerprint density at radius 1 is 1.57 bits per heavy atom. The molecule has 1 aromatic rings. The first-order chi connectivity index (χ1) is 6.81. The minimum absolute atomic E-state index is 0.409. The molecular weight excluding hydrogens is 174 g/mol. The van der Waals surface area contributed by atoms with Crippen molar-refractivity contribution < 1.29 is 0 Å². The van der Waals surface area contributed by atoms with Crippen LogP contribution in [0.4, 0.5) is 5.69 Å². The first-order valence-corrected chi connectivity index (χ1v) is 5.07. The topological polar surface area (TPSA) is 50.1 Å². The molecule has 76 valence electrons. The lowest BCUT2D eigenvalue weighted by molar-refractivity contribution is 0.485. The molecule has 3 nitrogen and oxygen atoms in total. The van der Waals surface area contributed by atoms with E-state index < -0.39 is 0 Å². The number of hydrogen-bond donors (Lipinski definition) is 3.